The van der Waals surface area contributed by atoms with Gasteiger partial charge in [0.2, 0.25) is 5.91 Å². The molecule has 1 aromatic rings. The van der Waals surface area contributed by atoms with Crippen LogP contribution >= 0.6 is 0 Å². The smallest absolute Gasteiger partial charge is 0.319 e. The molecule has 0 aliphatic carbocycles. The van der Waals surface area contributed by atoms with E-state index in [2.05, 4.69) is 17.0 Å². The van der Waals surface area contributed by atoms with Crippen LogP contribution in [0.2, 0.25) is 0 Å². The Kier molecular flexibility index (Phi) is 5.19. The number of ether oxygens (including phenoxy) is 1. The van der Waals surface area contributed by atoms with Gasteiger partial charge in [0.25, 0.3) is 0 Å². The van der Waals surface area contributed by atoms with Gasteiger partial charge in [-0.25, -0.2) is 0 Å². The highest BCUT2D eigenvalue weighted by atomic mass is 16.5. The van der Waals surface area contributed by atoms with Crippen LogP contribution in [-0.2, 0) is 20.7 Å². The van der Waals surface area contributed by atoms with Gasteiger partial charge in [0.15, 0.2) is 0 Å². The molecule has 0 aromatic heterocycles. The summed E-state index contributed by atoms with van der Waals surface area (Å²) in [6.45, 7) is 2.58. The Balaban J connectivity index is 1.68. The molecule has 5 nitrogen and oxygen atoms in total. The first-order chi connectivity index (χ1) is 11.7. The lowest BCUT2D eigenvalue weighted by atomic mass is 9.85. The van der Waals surface area contributed by atoms with E-state index in [1.54, 1.807) is 0 Å². The van der Waals surface area contributed by atoms with Crippen LogP contribution in [0.25, 0.3) is 0 Å². The summed E-state index contributed by atoms with van der Waals surface area (Å²) < 4.78 is 4.81. The van der Waals surface area contributed by atoms with Crippen molar-refractivity contribution in [3.05, 3.63) is 35.9 Å². The number of hydrogen-bond donors (Lipinski definition) is 0. The molecule has 0 bridgehead atoms. The lowest BCUT2D eigenvalue weighted by Crippen LogP contribution is -2.61. The summed E-state index contributed by atoms with van der Waals surface area (Å²) in [6, 6.07) is 10.3. The Hall–Kier alpha value is -1.88. The van der Waals surface area contributed by atoms with Gasteiger partial charge in [0, 0.05) is 13.1 Å². The van der Waals surface area contributed by atoms with E-state index in [9.17, 15) is 9.59 Å². The normalized spacial score (nSPS) is 24.5. The number of esters is 1. The number of hydrogen-bond acceptors (Lipinski definition) is 4. The molecule has 0 radical (unpaired) electrons. The summed E-state index contributed by atoms with van der Waals surface area (Å²) in [5, 5.41) is 0. The molecular weight excluding hydrogens is 304 g/mol. The Morgan fingerprint density at radius 1 is 1.17 bits per heavy atom. The highest BCUT2D eigenvalue weighted by Crippen LogP contribution is 2.38. The molecule has 130 valence electrons. The number of methoxy groups -OCH3 is 1. The van der Waals surface area contributed by atoms with Crippen LogP contribution in [-0.4, -0.2) is 60.5 Å². The van der Waals surface area contributed by atoms with Gasteiger partial charge in [-0.15, -0.1) is 0 Å². The molecule has 2 aliphatic heterocycles. The number of carbonyl (C=O) groups excluding carboxylic acids is 2. The number of piperidine rings is 1. The number of amides is 1. The maximum atomic E-state index is 13.2. The first kappa shape index (κ1) is 17.0. The lowest BCUT2D eigenvalue weighted by molar-refractivity contribution is -0.152. The van der Waals surface area contributed by atoms with Crippen molar-refractivity contribution < 1.29 is 14.3 Å². The minimum absolute atomic E-state index is 0.200. The van der Waals surface area contributed by atoms with Crippen molar-refractivity contribution in [1.29, 1.82) is 0 Å². The zero-order valence-electron chi connectivity index (χ0n) is 14.4. The molecule has 0 N–H and O–H groups in total. The minimum Gasteiger partial charge on any atom is -0.468 e. The third kappa shape index (κ3) is 3.31. The van der Waals surface area contributed by atoms with Crippen molar-refractivity contribution in [2.75, 3.05) is 33.3 Å². The third-order valence-corrected chi connectivity index (χ3v) is 5.39. The van der Waals surface area contributed by atoms with Crippen LogP contribution in [0.15, 0.2) is 30.3 Å². The van der Waals surface area contributed by atoms with Crippen LogP contribution in [0.1, 0.15) is 31.2 Å². The summed E-state index contributed by atoms with van der Waals surface area (Å²) in [5.74, 6) is -0.0587. The second-order valence-electron chi connectivity index (χ2n) is 6.76. The molecule has 1 unspecified atom stereocenters. The fourth-order valence-electron chi connectivity index (χ4n) is 4.10. The first-order valence-electron chi connectivity index (χ1n) is 8.81. The van der Waals surface area contributed by atoms with Gasteiger partial charge < -0.3 is 9.64 Å². The van der Waals surface area contributed by atoms with E-state index < -0.39 is 5.54 Å². The van der Waals surface area contributed by atoms with Crippen molar-refractivity contribution in [3.8, 4) is 0 Å². The number of nitrogens with zero attached hydrogens (tertiary/aromatic N) is 2. The first-order valence-corrected chi connectivity index (χ1v) is 8.81. The van der Waals surface area contributed by atoms with Gasteiger partial charge in [-0.3, -0.25) is 14.5 Å². The Morgan fingerprint density at radius 3 is 2.58 bits per heavy atom. The summed E-state index contributed by atoms with van der Waals surface area (Å²) in [7, 11) is 1.40. The second kappa shape index (κ2) is 7.34. The van der Waals surface area contributed by atoms with Crippen molar-refractivity contribution >= 4 is 11.9 Å². The van der Waals surface area contributed by atoms with Crippen molar-refractivity contribution in [1.82, 2.24) is 9.80 Å². The molecule has 1 amide bonds. The SMILES string of the molecule is COC(=O)CN1CCCC12CCCN(CCc1ccccc1)C2=O. The van der Waals surface area contributed by atoms with Gasteiger partial charge in [-0.2, -0.15) is 0 Å². The average Bonchev–Trinajstić information content (AvgIpc) is 3.00. The van der Waals surface area contributed by atoms with Gasteiger partial charge in [0.05, 0.1) is 13.7 Å². The fourth-order valence-corrected chi connectivity index (χ4v) is 4.10. The van der Waals surface area contributed by atoms with Crippen molar-refractivity contribution in [3.63, 3.8) is 0 Å². The van der Waals surface area contributed by atoms with E-state index in [0.717, 1.165) is 51.7 Å². The number of rotatable bonds is 5. The third-order valence-electron chi connectivity index (χ3n) is 5.39. The van der Waals surface area contributed by atoms with E-state index in [-0.39, 0.29) is 18.4 Å². The van der Waals surface area contributed by atoms with Crippen molar-refractivity contribution in [2.45, 2.75) is 37.6 Å². The molecule has 1 aromatic carbocycles. The van der Waals surface area contributed by atoms with Crippen LogP contribution in [0.3, 0.4) is 0 Å². The van der Waals surface area contributed by atoms with Gasteiger partial charge in [-0.05, 0) is 44.2 Å². The molecule has 3 rings (SSSR count). The summed E-state index contributed by atoms with van der Waals surface area (Å²) >= 11 is 0. The van der Waals surface area contributed by atoms with E-state index >= 15 is 0 Å². The summed E-state index contributed by atoms with van der Waals surface area (Å²) in [5.41, 5.74) is 0.770. The van der Waals surface area contributed by atoms with Crippen molar-refractivity contribution in [2.24, 2.45) is 0 Å². The average molecular weight is 330 g/mol. The maximum Gasteiger partial charge on any atom is 0.319 e. The van der Waals surface area contributed by atoms with Gasteiger partial charge in [0.1, 0.15) is 5.54 Å². The molecule has 2 aliphatic rings. The zero-order chi connectivity index (χ0) is 17.0. The fraction of sp³-hybridized carbons (Fsp3) is 0.579. The van der Waals surface area contributed by atoms with Crippen LogP contribution in [0.4, 0.5) is 0 Å². The van der Waals surface area contributed by atoms with Gasteiger partial charge in [-0.1, -0.05) is 30.3 Å². The largest absolute Gasteiger partial charge is 0.468 e. The molecule has 0 saturated carbocycles. The highest BCUT2D eigenvalue weighted by molar-refractivity contribution is 5.88. The molecule has 1 atom stereocenters. The zero-order valence-corrected chi connectivity index (χ0v) is 14.4. The Morgan fingerprint density at radius 2 is 1.88 bits per heavy atom. The quantitative estimate of drug-likeness (QED) is 0.773. The van der Waals surface area contributed by atoms with E-state index in [1.165, 1.54) is 12.7 Å². The maximum absolute atomic E-state index is 13.2. The second-order valence-corrected chi connectivity index (χ2v) is 6.76. The molecule has 2 saturated heterocycles. The molecule has 5 heteroatoms. The summed E-state index contributed by atoms with van der Waals surface area (Å²) in [6.07, 6.45) is 4.54. The Labute approximate surface area is 143 Å². The lowest BCUT2D eigenvalue weighted by Gasteiger charge is -2.44. The van der Waals surface area contributed by atoms with E-state index in [4.69, 9.17) is 4.74 Å². The topological polar surface area (TPSA) is 49.9 Å². The Bertz CT molecular complexity index is 590. The van der Waals surface area contributed by atoms with Crippen LogP contribution in [0, 0.1) is 0 Å². The molecule has 2 fully saturated rings. The predicted molar refractivity (Wildman–Crippen MR) is 91.5 cm³/mol. The standard InChI is InChI=1S/C19H26N2O3/c1-24-17(22)15-21-13-6-11-19(21)10-5-12-20(18(19)23)14-9-16-7-3-2-4-8-16/h2-4,7-8H,5-6,9-15H2,1H3. The predicted octanol–water partition coefficient (Wildman–Crippen LogP) is 1.86. The van der Waals surface area contributed by atoms with Gasteiger partial charge >= 0.3 is 5.97 Å². The van der Waals surface area contributed by atoms with Crippen LogP contribution in [0.5, 0.6) is 0 Å². The van der Waals surface area contributed by atoms with Crippen LogP contribution < -0.4 is 0 Å². The number of likely N-dealkylation sites (tertiary alicyclic amines) is 2. The molecular formula is C19H26N2O3. The minimum atomic E-state index is -0.483. The monoisotopic (exact) mass is 330 g/mol. The van der Waals surface area contributed by atoms with E-state index in [1.807, 2.05) is 23.1 Å². The van der Waals surface area contributed by atoms with E-state index in [0.29, 0.717) is 0 Å². The number of carbonyl (C=O) groups is 2. The molecule has 24 heavy (non-hydrogen) atoms. The highest BCUT2D eigenvalue weighted by Gasteiger charge is 2.51. The summed E-state index contributed by atoms with van der Waals surface area (Å²) in [4.78, 5) is 28.9. The molecule has 1 spiro atoms. The number of benzene rings is 1. The molecule has 2 heterocycles.